The number of benzene rings is 2. The van der Waals surface area contributed by atoms with Gasteiger partial charge in [0.15, 0.2) is 0 Å². The van der Waals surface area contributed by atoms with Crippen LogP contribution >= 0.6 is 11.6 Å². The lowest BCUT2D eigenvalue weighted by Gasteiger charge is -2.39. The third-order valence-electron chi connectivity index (χ3n) is 5.59. The molecule has 2 atom stereocenters. The SMILES string of the molecule is CC(C)(C)OC(=O)N1CCC(OCc2cc(C(F)(F)F)cc(C(F)(F)F)c2)C(c2cccc(Cl)c2)C1. The van der Waals surface area contributed by atoms with Gasteiger partial charge < -0.3 is 14.4 Å². The van der Waals surface area contributed by atoms with Gasteiger partial charge in [0.2, 0.25) is 0 Å². The van der Waals surface area contributed by atoms with Gasteiger partial charge in [0.05, 0.1) is 23.8 Å². The summed E-state index contributed by atoms with van der Waals surface area (Å²) in [6, 6.07) is 8.22. The number of rotatable bonds is 4. The normalized spacial score (nSPS) is 19.3. The quantitative estimate of drug-likeness (QED) is 0.375. The summed E-state index contributed by atoms with van der Waals surface area (Å²) in [4.78, 5) is 14.1. The summed E-state index contributed by atoms with van der Waals surface area (Å²) >= 11 is 6.13. The van der Waals surface area contributed by atoms with E-state index < -0.39 is 53.8 Å². The van der Waals surface area contributed by atoms with Gasteiger partial charge >= 0.3 is 18.4 Å². The standard InChI is InChI=1S/C25H26ClF6NO3/c1-23(2,3)36-22(34)33-8-7-21(20(13-33)16-5-4-6-19(26)11-16)35-14-15-9-17(24(27,28)29)12-18(10-15)25(30,31)32/h4-6,9-12,20-21H,7-8,13-14H2,1-3H3. The molecule has 36 heavy (non-hydrogen) atoms. The molecule has 1 aliphatic heterocycles. The van der Waals surface area contributed by atoms with Crippen molar-refractivity contribution in [2.75, 3.05) is 13.1 Å². The summed E-state index contributed by atoms with van der Waals surface area (Å²) in [5.41, 5.74) is -3.04. The number of nitrogens with zero attached hydrogens (tertiary/aromatic N) is 1. The third kappa shape index (κ3) is 7.52. The number of halogens is 7. The molecule has 2 aromatic carbocycles. The largest absolute Gasteiger partial charge is 0.444 e. The van der Waals surface area contributed by atoms with Crippen LogP contribution in [0.1, 0.15) is 55.4 Å². The van der Waals surface area contributed by atoms with Crippen molar-refractivity contribution in [3.63, 3.8) is 0 Å². The van der Waals surface area contributed by atoms with Gasteiger partial charge in [-0.1, -0.05) is 23.7 Å². The topological polar surface area (TPSA) is 38.8 Å². The number of hydrogen-bond acceptors (Lipinski definition) is 3. The van der Waals surface area contributed by atoms with Gasteiger partial charge in [-0.2, -0.15) is 26.3 Å². The predicted octanol–water partition coefficient (Wildman–Crippen LogP) is 7.69. The van der Waals surface area contributed by atoms with Gasteiger partial charge in [-0.15, -0.1) is 0 Å². The fourth-order valence-electron chi connectivity index (χ4n) is 3.99. The first-order valence-corrected chi connectivity index (χ1v) is 11.5. The molecule has 1 aliphatic rings. The van der Waals surface area contributed by atoms with E-state index >= 15 is 0 Å². The van der Waals surface area contributed by atoms with Gasteiger partial charge in [0.25, 0.3) is 0 Å². The summed E-state index contributed by atoms with van der Waals surface area (Å²) in [6.07, 6.45) is -10.7. The van der Waals surface area contributed by atoms with Crippen LogP contribution in [0.3, 0.4) is 0 Å². The molecule has 3 rings (SSSR count). The summed E-state index contributed by atoms with van der Waals surface area (Å²) in [5.74, 6) is -0.433. The minimum atomic E-state index is -4.95. The molecule has 198 valence electrons. The maximum Gasteiger partial charge on any atom is 0.416 e. The molecule has 0 radical (unpaired) electrons. The van der Waals surface area contributed by atoms with Crippen LogP contribution < -0.4 is 0 Å². The summed E-state index contributed by atoms with van der Waals surface area (Å²) in [5, 5.41) is 0.438. The molecular weight excluding hydrogens is 512 g/mol. The molecule has 0 spiro atoms. The Morgan fingerprint density at radius 2 is 1.61 bits per heavy atom. The molecule has 0 aliphatic carbocycles. The molecule has 0 aromatic heterocycles. The van der Waals surface area contributed by atoms with Crippen molar-refractivity contribution < 1.29 is 40.6 Å². The minimum Gasteiger partial charge on any atom is -0.444 e. The number of alkyl halides is 6. The van der Waals surface area contributed by atoms with Crippen molar-refractivity contribution in [2.24, 2.45) is 0 Å². The van der Waals surface area contributed by atoms with E-state index in [2.05, 4.69) is 0 Å². The van der Waals surface area contributed by atoms with E-state index in [1.54, 1.807) is 45.0 Å². The Hall–Kier alpha value is -2.46. The van der Waals surface area contributed by atoms with E-state index in [1.807, 2.05) is 0 Å². The van der Waals surface area contributed by atoms with Crippen molar-refractivity contribution in [3.8, 4) is 0 Å². The van der Waals surface area contributed by atoms with E-state index in [9.17, 15) is 31.1 Å². The Kier molecular flexibility index (Phi) is 8.20. The zero-order valence-corrected chi connectivity index (χ0v) is 20.6. The Bertz CT molecular complexity index is 1050. The highest BCUT2D eigenvalue weighted by Gasteiger charge is 2.38. The van der Waals surface area contributed by atoms with Gasteiger partial charge in [0.1, 0.15) is 5.60 Å². The van der Waals surface area contributed by atoms with Crippen molar-refractivity contribution in [1.82, 2.24) is 4.90 Å². The smallest absolute Gasteiger partial charge is 0.416 e. The monoisotopic (exact) mass is 537 g/mol. The molecule has 11 heteroatoms. The number of carbonyl (C=O) groups is 1. The highest BCUT2D eigenvalue weighted by molar-refractivity contribution is 6.30. The number of ether oxygens (including phenoxy) is 2. The second kappa shape index (κ2) is 10.5. The molecule has 4 nitrogen and oxygen atoms in total. The first kappa shape index (κ1) is 28.1. The molecule has 1 fully saturated rings. The summed E-state index contributed by atoms with van der Waals surface area (Å²) in [6.45, 7) is 5.16. The molecule has 2 unspecified atom stereocenters. The average Bonchev–Trinajstić information content (AvgIpc) is 2.75. The van der Waals surface area contributed by atoms with Crippen LogP contribution in [0, 0.1) is 0 Å². The lowest BCUT2D eigenvalue weighted by molar-refractivity contribution is -0.143. The summed E-state index contributed by atoms with van der Waals surface area (Å²) in [7, 11) is 0. The van der Waals surface area contributed by atoms with Crippen molar-refractivity contribution in [3.05, 3.63) is 69.7 Å². The number of carbonyl (C=O) groups excluding carboxylic acids is 1. The first-order valence-electron chi connectivity index (χ1n) is 11.2. The molecule has 2 aromatic rings. The van der Waals surface area contributed by atoms with Gasteiger partial charge in [-0.3, -0.25) is 0 Å². The van der Waals surface area contributed by atoms with Crippen molar-refractivity contribution in [2.45, 2.75) is 63.8 Å². The van der Waals surface area contributed by atoms with Crippen molar-refractivity contribution in [1.29, 1.82) is 0 Å². The zero-order valence-electron chi connectivity index (χ0n) is 19.8. The number of piperidine rings is 1. The molecule has 1 saturated heterocycles. The number of hydrogen-bond donors (Lipinski definition) is 0. The second-order valence-electron chi connectivity index (χ2n) is 9.64. The molecule has 1 heterocycles. The number of likely N-dealkylation sites (tertiary alicyclic amines) is 1. The lowest BCUT2D eigenvalue weighted by atomic mass is 9.88. The zero-order chi connectivity index (χ0) is 26.9. The first-order chi connectivity index (χ1) is 16.5. The maximum atomic E-state index is 13.2. The van der Waals surface area contributed by atoms with Crippen LogP contribution in [-0.4, -0.2) is 35.8 Å². The minimum absolute atomic E-state index is 0.0809. The van der Waals surface area contributed by atoms with Gasteiger partial charge in [-0.05, 0) is 68.7 Å². The maximum absolute atomic E-state index is 13.2. The van der Waals surface area contributed by atoms with E-state index in [-0.39, 0.29) is 24.7 Å². The van der Waals surface area contributed by atoms with Crippen LogP contribution in [0.5, 0.6) is 0 Å². The highest BCUT2D eigenvalue weighted by atomic mass is 35.5. The predicted molar refractivity (Wildman–Crippen MR) is 122 cm³/mol. The number of amides is 1. The highest BCUT2D eigenvalue weighted by Crippen LogP contribution is 2.37. The van der Waals surface area contributed by atoms with Gasteiger partial charge in [-0.25, -0.2) is 4.79 Å². The van der Waals surface area contributed by atoms with E-state index in [0.717, 1.165) is 5.56 Å². The van der Waals surface area contributed by atoms with Gasteiger partial charge in [0, 0.05) is 24.0 Å². The van der Waals surface area contributed by atoms with Crippen LogP contribution in [-0.2, 0) is 28.4 Å². The fourth-order valence-corrected chi connectivity index (χ4v) is 4.18. The Morgan fingerprint density at radius 1 is 1.00 bits per heavy atom. The Balaban J connectivity index is 1.85. The molecule has 0 N–H and O–H groups in total. The second-order valence-corrected chi connectivity index (χ2v) is 10.1. The van der Waals surface area contributed by atoms with E-state index in [0.29, 0.717) is 23.6 Å². The lowest BCUT2D eigenvalue weighted by Crippen LogP contribution is -2.47. The average molecular weight is 538 g/mol. The molecule has 1 amide bonds. The van der Waals surface area contributed by atoms with E-state index in [1.165, 1.54) is 4.90 Å². The third-order valence-corrected chi connectivity index (χ3v) is 5.82. The molecule has 0 bridgehead atoms. The Morgan fingerprint density at radius 3 is 2.14 bits per heavy atom. The Labute approximate surface area is 210 Å². The molecular formula is C25H26ClF6NO3. The van der Waals surface area contributed by atoms with E-state index in [4.69, 9.17) is 21.1 Å². The van der Waals surface area contributed by atoms with Crippen LogP contribution in [0.15, 0.2) is 42.5 Å². The van der Waals surface area contributed by atoms with Crippen molar-refractivity contribution >= 4 is 17.7 Å². The van der Waals surface area contributed by atoms with Crippen LogP contribution in [0.4, 0.5) is 31.1 Å². The van der Waals surface area contributed by atoms with Crippen LogP contribution in [0.2, 0.25) is 5.02 Å². The molecule has 0 saturated carbocycles. The van der Waals surface area contributed by atoms with Crippen LogP contribution in [0.25, 0.3) is 0 Å². The fraction of sp³-hybridized carbons (Fsp3) is 0.480. The summed E-state index contributed by atoms with van der Waals surface area (Å²) < 4.78 is 90.6.